The van der Waals surface area contributed by atoms with Crippen molar-refractivity contribution in [3.05, 3.63) is 27.7 Å². The molecule has 0 bridgehead atoms. The molecule has 0 unspecified atom stereocenters. The van der Waals surface area contributed by atoms with E-state index < -0.39 is 25.3 Å². The molecule has 2 saturated heterocycles. The summed E-state index contributed by atoms with van der Waals surface area (Å²) in [7, 11) is 0. The summed E-state index contributed by atoms with van der Waals surface area (Å²) in [5, 5.41) is 29.5. The minimum absolute atomic E-state index is 0.00730. The van der Waals surface area contributed by atoms with E-state index in [0.29, 0.717) is 23.6 Å². The lowest BCUT2D eigenvalue weighted by atomic mass is 9.83. The molecule has 0 saturated carbocycles. The molecule has 0 aromatic heterocycles. The van der Waals surface area contributed by atoms with Crippen LogP contribution in [0.5, 0.6) is 5.75 Å². The molecule has 0 radical (unpaired) electrons. The number of halogens is 2. The molecule has 2 aliphatic heterocycles. The Morgan fingerprint density at radius 1 is 1.19 bits per heavy atom. The number of fused-ring (bicyclic) bond motifs is 1. The number of amides is 2. The van der Waals surface area contributed by atoms with Gasteiger partial charge in [-0.2, -0.15) is 0 Å². The fraction of sp³-hybridized carbons (Fsp3) is 0.529. The van der Waals surface area contributed by atoms with Crippen molar-refractivity contribution in [2.45, 2.75) is 30.8 Å². The molecule has 3 rings (SSSR count). The second-order valence-electron chi connectivity index (χ2n) is 6.60. The molecule has 142 valence electrons. The van der Waals surface area contributed by atoms with E-state index in [-0.39, 0.29) is 41.5 Å². The van der Waals surface area contributed by atoms with Crippen LogP contribution < -0.4 is 0 Å². The molecule has 1 aromatic rings. The summed E-state index contributed by atoms with van der Waals surface area (Å²) in [5.74, 6) is -0.768. The van der Waals surface area contributed by atoms with E-state index >= 15 is 0 Å². The maximum atomic E-state index is 12.9. The van der Waals surface area contributed by atoms with Crippen LogP contribution in [0.3, 0.4) is 0 Å². The van der Waals surface area contributed by atoms with E-state index in [4.69, 9.17) is 23.2 Å². The number of piperazine rings is 1. The monoisotopic (exact) mass is 402 g/mol. The van der Waals surface area contributed by atoms with Gasteiger partial charge < -0.3 is 25.1 Å². The molecule has 2 heterocycles. The van der Waals surface area contributed by atoms with Gasteiger partial charge in [0.25, 0.3) is 0 Å². The van der Waals surface area contributed by atoms with E-state index in [1.165, 1.54) is 21.9 Å². The average Bonchev–Trinajstić information content (AvgIpc) is 2.63. The molecule has 2 atom stereocenters. The van der Waals surface area contributed by atoms with E-state index in [2.05, 4.69) is 0 Å². The van der Waals surface area contributed by atoms with Gasteiger partial charge in [0.05, 0.1) is 29.3 Å². The number of phenolic OH excluding ortho intramolecular Hbond substituents is 1. The third-order valence-corrected chi connectivity index (χ3v) is 6.00. The van der Waals surface area contributed by atoms with Gasteiger partial charge >= 0.3 is 0 Å². The number of hydrogen-bond acceptors (Lipinski definition) is 5. The van der Waals surface area contributed by atoms with E-state index in [1.54, 1.807) is 0 Å². The highest BCUT2D eigenvalue weighted by Crippen LogP contribution is 2.43. The van der Waals surface area contributed by atoms with Gasteiger partial charge in [-0.1, -0.05) is 23.2 Å². The summed E-state index contributed by atoms with van der Waals surface area (Å²) in [6, 6.07) is 1.44. The molecule has 2 fully saturated rings. The molecule has 0 spiro atoms. The van der Waals surface area contributed by atoms with Crippen LogP contribution in [-0.4, -0.2) is 75.3 Å². The summed E-state index contributed by atoms with van der Waals surface area (Å²) in [5.41, 5.74) is 0.483. The van der Waals surface area contributed by atoms with Gasteiger partial charge in [-0.15, -0.1) is 0 Å². The van der Waals surface area contributed by atoms with Gasteiger partial charge in [0.1, 0.15) is 18.3 Å². The van der Waals surface area contributed by atoms with Gasteiger partial charge in [0, 0.05) is 12.1 Å². The van der Waals surface area contributed by atoms with E-state index in [9.17, 15) is 24.9 Å². The highest BCUT2D eigenvalue weighted by atomic mass is 35.5. The van der Waals surface area contributed by atoms with Crippen LogP contribution in [0.25, 0.3) is 0 Å². The van der Waals surface area contributed by atoms with Gasteiger partial charge in [-0.05, 0) is 30.9 Å². The Kier molecular flexibility index (Phi) is 5.62. The molecular weight excluding hydrogens is 383 g/mol. The number of aliphatic hydroxyl groups is 2. The average molecular weight is 403 g/mol. The van der Waals surface area contributed by atoms with Gasteiger partial charge in [0.15, 0.2) is 0 Å². The predicted molar refractivity (Wildman–Crippen MR) is 95.3 cm³/mol. The Labute approximate surface area is 160 Å². The van der Waals surface area contributed by atoms with Crippen molar-refractivity contribution in [2.75, 3.05) is 26.3 Å². The van der Waals surface area contributed by atoms with Crippen LogP contribution in [-0.2, 0) is 9.59 Å². The van der Waals surface area contributed by atoms with Gasteiger partial charge in [-0.25, -0.2) is 0 Å². The highest BCUT2D eigenvalue weighted by molar-refractivity contribution is 6.42. The maximum Gasteiger partial charge on any atom is 0.246 e. The molecule has 3 N–H and O–H groups in total. The zero-order chi connectivity index (χ0) is 19.0. The Hall–Kier alpha value is -1.54. The zero-order valence-electron chi connectivity index (χ0n) is 13.9. The lowest BCUT2D eigenvalue weighted by Gasteiger charge is -2.46. The molecule has 1 aromatic carbocycles. The fourth-order valence-electron chi connectivity index (χ4n) is 3.77. The van der Waals surface area contributed by atoms with Crippen molar-refractivity contribution in [1.82, 2.24) is 9.80 Å². The third-order valence-electron chi connectivity index (χ3n) is 5.18. The lowest BCUT2D eigenvalue weighted by Crippen LogP contribution is -2.64. The number of nitrogens with zero attached hydrogens (tertiary/aromatic N) is 2. The molecular formula is C17H20Cl2N2O5. The summed E-state index contributed by atoms with van der Waals surface area (Å²) in [6.45, 7) is -0.646. The number of aliphatic hydroxyl groups excluding tert-OH is 2. The number of carbonyl (C=O) groups is 2. The number of phenols is 1. The van der Waals surface area contributed by atoms with Crippen LogP contribution in [0.1, 0.15) is 24.3 Å². The Balaban J connectivity index is 1.89. The first-order valence-corrected chi connectivity index (χ1v) is 9.13. The standard InChI is InChI=1S/C17H20Cl2N2O5/c18-11-1-2-13(24)15(16(11)19)9-3-4-20-12(5-9)17(26)21(6-14(20)25)10(7-22)8-23/h1-2,9-10,12,22-24H,3-8H2/t9-,12+/m0/s1. The number of carbonyl (C=O) groups excluding carboxylic acids is 2. The smallest absolute Gasteiger partial charge is 0.246 e. The summed E-state index contributed by atoms with van der Waals surface area (Å²) in [6.07, 6.45) is 0.838. The second-order valence-corrected chi connectivity index (χ2v) is 7.39. The first-order valence-electron chi connectivity index (χ1n) is 8.37. The highest BCUT2D eigenvalue weighted by Gasteiger charge is 2.45. The number of aromatic hydroxyl groups is 1. The number of piperidine rings is 1. The normalized spacial score (nSPS) is 23.6. The minimum atomic E-state index is -0.808. The number of hydrogen-bond donors (Lipinski definition) is 3. The summed E-state index contributed by atoms with van der Waals surface area (Å²) < 4.78 is 0. The predicted octanol–water partition coefficient (Wildman–Crippen LogP) is 0.969. The van der Waals surface area contributed by atoms with Crippen LogP contribution in [0.4, 0.5) is 0 Å². The summed E-state index contributed by atoms with van der Waals surface area (Å²) >= 11 is 12.3. The molecule has 9 heteroatoms. The first-order chi connectivity index (χ1) is 12.4. The van der Waals surface area contributed by atoms with Crippen molar-refractivity contribution in [2.24, 2.45) is 0 Å². The maximum absolute atomic E-state index is 12.9. The van der Waals surface area contributed by atoms with Crippen molar-refractivity contribution in [3.8, 4) is 5.75 Å². The molecule has 2 amide bonds. The van der Waals surface area contributed by atoms with Crippen molar-refractivity contribution in [3.63, 3.8) is 0 Å². The van der Waals surface area contributed by atoms with Gasteiger partial charge in [-0.3, -0.25) is 9.59 Å². The van der Waals surface area contributed by atoms with Crippen LogP contribution in [0, 0.1) is 0 Å². The zero-order valence-corrected chi connectivity index (χ0v) is 15.4. The second kappa shape index (κ2) is 7.60. The topological polar surface area (TPSA) is 101 Å². The SMILES string of the molecule is O=C1[C@H]2C[C@@H](c3c(O)ccc(Cl)c3Cl)CCN2C(=O)CN1C(CO)CO. The number of rotatable bonds is 4. The van der Waals surface area contributed by atoms with E-state index in [1.807, 2.05) is 0 Å². The van der Waals surface area contributed by atoms with Gasteiger partial charge in [0.2, 0.25) is 11.8 Å². The Bertz CT molecular complexity index is 725. The number of benzene rings is 1. The molecule has 7 nitrogen and oxygen atoms in total. The minimum Gasteiger partial charge on any atom is -0.508 e. The Morgan fingerprint density at radius 2 is 1.88 bits per heavy atom. The fourth-order valence-corrected chi connectivity index (χ4v) is 4.25. The largest absolute Gasteiger partial charge is 0.508 e. The first kappa shape index (κ1) is 19.2. The molecule has 2 aliphatic rings. The third kappa shape index (κ3) is 3.24. The van der Waals surface area contributed by atoms with Crippen LogP contribution >= 0.6 is 23.2 Å². The quantitative estimate of drug-likeness (QED) is 0.696. The van der Waals surface area contributed by atoms with Crippen molar-refractivity contribution in [1.29, 1.82) is 0 Å². The molecule has 26 heavy (non-hydrogen) atoms. The van der Waals surface area contributed by atoms with Crippen LogP contribution in [0.2, 0.25) is 10.0 Å². The van der Waals surface area contributed by atoms with Crippen molar-refractivity contribution < 1.29 is 24.9 Å². The van der Waals surface area contributed by atoms with Crippen LogP contribution in [0.15, 0.2) is 12.1 Å². The Morgan fingerprint density at radius 3 is 2.54 bits per heavy atom. The van der Waals surface area contributed by atoms with Crippen molar-refractivity contribution >= 4 is 35.0 Å². The molecule has 0 aliphatic carbocycles. The summed E-state index contributed by atoms with van der Waals surface area (Å²) in [4.78, 5) is 28.0. The lowest BCUT2D eigenvalue weighted by molar-refractivity contribution is -0.162. The van der Waals surface area contributed by atoms with E-state index in [0.717, 1.165) is 0 Å².